The number of carbonyl (C=O) groups excluding carboxylic acids is 2. The summed E-state index contributed by atoms with van der Waals surface area (Å²) in [7, 11) is -4.62. The van der Waals surface area contributed by atoms with Crippen LogP contribution in [0.1, 0.15) is 155 Å². The molecule has 306 valence electrons. The van der Waals surface area contributed by atoms with E-state index in [9.17, 15) is 24.2 Å². The van der Waals surface area contributed by atoms with Gasteiger partial charge in [-0.2, -0.15) is 0 Å². The van der Waals surface area contributed by atoms with E-state index < -0.39 is 51.8 Å². The van der Waals surface area contributed by atoms with Crippen LogP contribution in [0.15, 0.2) is 60.8 Å². The Morgan fingerprint density at radius 3 is 1.57 bits per heavy atom. The zero-order valence-electron chi connectivity index (χ0n) is 33.0. The lowest BCUT2D eigenvalue weighted by molar-refractivity contribution is -0.161. The smallest absolute Gasteiger partial charge is 0.462 e. The van der Waals surface area contributed by atoms with E-state index in [0.29, 0.717) is 12.8 Å². The highest BCUT2D eigenvalue weighted by molar-refractivity contribution is 7.47. The van der Waals surface area contributed by atoms with Crippen molar-refractivity contribution in [3.8, 4) is 0 Å². The number of aliphatic hydroxyl groups is 2. The topological polar surface area (TPSA) is 149 Å². The van der Waals surface area contributed by atoms with Crippen molar-refractivity contribution in [2.24, 2.45) is 0 Å². The normalized spacial score (nSPS) is 14.6. The second-order valence-electron chi connectivity index (χ2n) is 13.3. The van der Waals surface area contributed by atoms with E-state index in [1.807, 2.05) is 0 Å². The van der Waals surface area contributed by atoms with Crippen LogP contribution in [0.2, 0.25) is 0 Å². The third kappa shape index (κ3) is 37.8. The molecule has 0 aromatic heterocycles. The third-order valence-electron chi connectivity index (χ3n) is 8.16. The molecular formula is C42H73O10P. The van der Waals surface area contributed by atoms with Crippen molar-refractivity contribution in [2.75, 3.05) is 26.4 Å². The van der Waals surface area contributed by atoms with Gasteiger partial charge >= 0.3 is 19.8 Å². The molecule has 0 aliphatic carbocycles. The maximum absolute atomic E-state index is 12.6. The molecule has 1 unspecified atom stereocenters. The molecule has 3 N–H and O–H groups in total. The van der Waals surface area contributed by atoms with Gasteiger partial charge in [-0.15, -0.1) is 0 Å². The highest BCUT2D eigenvalue weighted by Gasteiger charge is 2.27. The van der Waals surface area contributed by atoms with E-state index in [1.54, 1.807) is 0 Å². The Bertz CT molecular complexity index is 1070. The SMILES string of the molecule is CC/C=C/C/C=C/C/C=C/CCCCCCCC(=O)O[C@H](COC(=O)CCCCCCC/C=C/C/C=C/CCCCC)COP(=O)(O)OC[C@@H](O)CO. The minimum Gasteiger partial charge on any atom is -0.462 e. The van der Waals surface area contributed by atoms with Crippen LogP contribution >= 0.6 is 7.82 Å². The molecule has 0 spiro atoms. The van der Waals surface area contributed by atoms with Gasteiger partial charge < -0.3 is 24.6 Å². The van der Waals surface area contributed by atoms with Crippen molar-refractivity contribution >= 4 is 19.8 Å². The molecule has 0 amide bonds. The number of aliphatic hydroxyl groups excluding tert-OH is 2. The Morgan fingerprint density at radius 1 is 0.585 bits per heavy atom. The molecule has 0 aliphatic rings. The number of hydrogen-bond acceptors (Lipinski definition) is 9. The van der Waals surface area contributed by atoms with Crippen LogP contribution in [0.25, 0.3) is 0 Å². The third-order valence-corrected chi connectivity index (χ3v) is 9.11. The van der Waals surface area contributed by atoms with Crippen molar-refractivity contribution in [2.45, 2.75) is 167 Å². The van der Waals surface area contributed by atoms with E-state index in [1.165, 1.54) is 19.3 Å². The van der Waals surface area contributed by atoms with Crippen LogP contribution in [0.5, 0.6) is 0 Å². The molecule has 0 rings (SSSR count). The van der Waals surface area contributed by atoms with Gasteiger partial charge in [-0.25, -0.2) is 4.57 Å². The molecule has 0 fully saturated rings. The Balaban J connectivity index is 4.40. The number of phosphoric ester groups is 1. The van der Waals surface area contributed by atoms with Gasteiger partial charge in [0, 0.05) is 12.8 Å². The predicted octanol–water partition coefficient (Wildman–Crippen LogP) is 10.3. The summed E-state index contributed by atoms with van der Waals surface area (Å²) in [4.78, 5) is 34.9. The van der Waals surface area contributed by atoms with Crippen molar-refractivity contribution in [3.05, 3.63) is 60.8 Å². The monoisotopic (exact) mass is 768 g/mol. The fourth-order valence-electron chi connectivity index (χ4n) is 5.04. The number of esters is 2. The van der Waals surface area contributed by atoms with Crippen LogP contribution in [0, 0.1) is 0 Å². The van der Waals surface area contributed by atoms with Gasteiger partial charge in [0.2, 0.25) is 0 Å². The zero-order valence-corrected chi connectivity index (χ0v) is 33.9. The first-order chi connectivity index (χ1) is 25.7. The standard InChI is InChI=1S/C42H73O10P/c1-3-5-7-9-11-13-15-17-19-21-23-25-27-29-31-33-41(45)49-37-40(38-51-53(47,48)50-36-39(44)35-43)52-42(46)34-32-30-28-26-24-22-20-18-16-14-12-10-8-6-4-2/h6,8,11-14,17-20,39-40,43-44H,3-5,7,9-10,15-16,21-38H2,1-2H3,(H,47,48)/b8-6+,13-11+,14-12+,19-17+,20-18+/t39-,40+/m0/s1. The second-order valence-corrected chi connectivity index (χ2v) is 14.7. The summed E-state index contributed by atoms with van der Waals surface area (Å²) in [6.45, 7) is 2.18. The first kappa shape index (κ1) is 50.7. The summed E-state index contributed by atoms with van der Waals surface area (Å²) in [5, 5.41) is 18.3. The molecule has 0 radical (unpaired) electrons. The molecule has 3 atom stereocenters. The Kier molecular flexibility index (Phi) is 36.3. The molecule has 0 saturated heterocycles. The molecule has 0 aromatic rings. The molecule has 0 heterocycles. The van der Waals surface area contributed by atoms with Crippen LogP contribution in [-0.4, -0.2) is 65.7 Å². The Labute approximate surface area is 321 Å². The highest BCUT2D eigenvalue weighted by atomic mass is 31.2. The van der Waals surface area contributed by atoms with E-state index in [0.717, 1.165) is 96.3 Å². The van der Waals surface area contributed by atoms with E-state index in [2.05, 4.69) is 79.1 Å². The molecule has 53 heavy (non-hydrogen) atoms. The minimum atomic E-state index is -4.62. The van der Waals surface area contributed by atoms with Crippen molar-refractivity contribution in [1.82, 2.24) is 0 Å². The molecular weight excluding hydrogens is 695 g/mol. The Morgan fingerprint density at radius 2 is 1.04 bits per heavy atom. The van der Waals surface area contributed by atoms with Crippen LogP contribution in [0.3, 0.4) is 0 Å². The molecule has 11 heteroatoms. The minimum absolute atomic E-state index is 0.159. The van der Waals surface area contributed by atoms with Crippen molar-refractivity contribution in [1.29, 1.82) is 0 Å². The summed E-state index contributed by atoms with van der Waals surface area (Å²) < 4.78 is 32.6. The maximum atomic E-state index is 12.6. The number of phosphoric acid groups is 1. The van der Waals surface area contributed by atoms with Crippen molar-refractivity contribution in [3.63, 3.8) is 0 Å². The second kappa shape index (κ2) is 38.0. The molecule has 0 bridgehead atoms. The van der Waals surface area contributed by atoms with Gasteiger partial charge in [0.25, 0.3) is 0 Å². The zero-order chi connectivity index (χ0) is 39.1. The Hall–Kier alpha value is -2.33. The molecule has 0 aromatic carbocycles. The highest BCUT2D eigenvalue weighted by Crippen LogP contribution is 2.43. The summed E-state index contributed by atoms with van der Waals surface area (Å²) in [6, 6.07) is 0. The fraction of sp³-hybridized carbons (Fsp3) is 0.714. The number of hydrogen-bond donors (Lipinski definition) is 3. The van der Waals surface area contributed by atoms with Crippen molar-refractivity contribution < 1.29 is 47.8 Å². The number of allylic oxidation sites excluding steroid dienone is 10. The molecule has 10 nitrogen and oxygen atoms in total. The average Bonchev–Trinajstić information content (AvgIpc) is 3.14. The number of rotatable bonds is 37. The predicted molar refractivity (Wildman–Crippen MR) is 214 cm³/mol. The number of unbranched alkanes of at least 4 members (excludes halogenated alkanes) is 13. The summed E-state index contributed by atoms with van der Waals surface area (Å²) in [5.74, 6) is -0.966. The van der Waals surface area contributed by atoms with Crippen LogP contribution in [-0.2, 0) is 32.7 Å². The maximum Gasteiger partial charge on any atom is 0.472 e. The number of ether oxygens (including phenoxy) is 2. The lowest BCUT2D eigenvalue weighted by atomic mass is 10.1. The average molecular weight is 769 g/mol. The first-order valence-corrected chi connectivity index (χ1v) is 21.7. The lowest BCUT2D eigenvalue weighted by Gasteiger charge is -2.20. The van der Waals surface area contributed by atoms with Gasteiger partial charge in [-0.3, -0.25) is 18.6 Å². The number of carbonyl (C=O) groups is 2. The lowest BCUT2D eigenvalue weighted by Crippen LogP contribution is -2.29. The van der Waals surface area contributed by atoms with Gasteiger partial charge in [0.05, 0.1) is 19.8 Å². The molecule has 0 aliphatic heterocycles. The molecule has 0 saturated carbocycles. The van der Waals surface area contributed by atoms with Gasteiger partial charge in [-0.05, 0) is 77.0 Å². The van der Waals surface area contributed by atoms with Gasteiger partial charge in [0.1, 0.15) is 12.7 Å². The van der Waals surface area contributed by atoms with Gasteiger partial charge in [0.15, 0.2) is 6.10 Å². The summed E-state index contributed by atoms with van der Waals surface area (Å²) in [5.41, 5.74) is 0. The van der Waals surface area contributed by atoms with E-state index >= 15 is 0 Å². The first-order valence-electron chi connectivity index (χ1n) is 20.2. The van der Waals surface area contributed by atoms with Gasteiger partial charge in [-0.1, -0.05) is 126 Å². The largest absolute Gasteiger partial charge is 0.472 e. The van der Waals surface area contributed by atoms with Crippen LogP contribution in [0.4, 0.5) is 0 Å². The van der Waals surface area contributed by atoms with E-state index in [4.69, 9.17) is 19.1 Å². The van der Waals surface area contributed by atoms with Crippen LogP contribution < -0.4 is 0 Å². The quantitative estimate of drug-likeness (QED) is 0.0241. The summed E-state index contributed by atoms with van der Waals surface area (Å²) in [6.07, 6.45) is 40.4. The van der Waals surface area contributed by atoms with E-state index in [-0.39, 0.29) is 19.4 Å². The summed E-state index contributed by atoms with van der Waals surface area (Å²) >= 11 is 0. The fourth-order valence-corrected chi connectivity index (χ4v) is 5.83.